The van der Waals surface area contributed by atoms with Crippen LogP contribution in [0, 0.1) is 15.9 Å². The molecular weight excluding hydrogens is 439 g/mol. The first kappa shape index (κ1) is 21.6. The summed E-state index contributed by atoms with van der Waals surface area (Å²) in [4.78, 5) is 46.0. The van der Waals surface area contributed by atoms with Crippen LogP contribution in [0.3, 0.4) is 0 Å². The summed E-state index contributed by atoms with van der Waals surface area (Å²) in [6, 6.07) is 8.59. The van der Waals surface area contributed by atoms with E-state index < -0.39 is 47.2 Å². The summed E-state index contributed by atoms with van der Waals surface area (Å²) >= 11 is 5.69. The average Bonchev–Trinajstić information content (AvgIpc) is 3.08. The van der Waals surface area contributed by atoms with Gasteiger partial charge in [-0.15, -0.1) is 5.10 Å². The molecule has 0 aliphatic rings. The van der Waals surface area contributed by atoms with E-state index in [4.69, 9.17) is 20.8 Å². The van der Waals surface area contributed by atoms with Gasteiger partial charge in [-0.1, -0.05) is 11.6 Å². The summed E-state index contributed by atoms with van der Waals surface area (Å²) in [7, 11) is 0. The van der Waals surface area contributed by atoms with Crippen molar-refractivity contribution in [2.24, 2.45) is 0 Å². The van der Waals surface area contributed by atoms with E-state index in [9.17, 15) is 28.9 Å². The van der Waals surface area contributed by atoms with Crippen LogP contribution < -0.4 is 11.1 Å². The molecule has 3 rings (SSSR count). The molecule has 1 heterocycles. The molecule has 0 saturated heterocycles. The van der Waals surface area contributed by atoms with Gasteiger partial charge in [0, 0.05) is 16.7 Å². The number of anilines is 1. The third kappa shape index (κ3) is 5.51. The molecule has 0 saturated carbocycles. The van der Waals surface area contributed by atoms with Crippen molar-refractivity contribution >= 4 is 34.9 Å². The van der Waals surface area contributed by atoms with E-state index in [-0.39, 0.29) is 16.6 Å². The van der Waals surface area contributed by atoms with Crippen molar-refractivity contribution in [2.75, 3.05) is 11.9 Å². The van der Waals surface area contributed by atoms with Gasteiger partial charge < -0.3 is 14.5 Å². The minimum absolute atomic E-state index is 0.106. The zero-order valence-electron chi connectivity index (χ0n) is 15.4. The highest BCUT2D eigenvalue weighted by Gasteiger charge is 2.18. The first-order chi connectivity index (χ1) is 14.7. The predicted octanol–water partition coefficient (Wildman–Crippen LogP) is 2.39. The van der Waals surface area contributed by atoms with Crippen LogP contribution in [0.2, 0.25) is 5.02 Å². The highest BCUT2D eigenvalue weighted by molar-refractivity contribution is 6.31. The Balaban J connectivity index is 1.58. The van der Waals surface area contributed by atoms with Crippen molar-refractivity contribution in [1.82, 2.24) is 9.78 Å². The Hall–Kier alpha value is -4.06. The second kappa shape index (κ2) is 9.17. The summed E-state index contributed by atoms with van der Waals surface area (Å²) in [5.41, 5.74) is -0.253. The van der Waals surface area contributed by atoms with Gasteiger partial charge in [-0.05, 0) is 36.4 Å². The molecule has 0 fully saturated rings. The van der Waals surface area contributed by atoms with Crippen LogP contribution in [0.15, 0.2) is 51.7 Å². The third-order valence-corrected chi connectivity index (χ3v) is 4.01. The predicted molar refractivity (Wildman–Crippen MR) is 104 cm³/mol. The van der Waals surface area contributed by atoms with E-state index in [1.165, 1.54) is 24.3 Å². The fraction of sp³-hybridized carbons (Fsp3) is 0.111. The second-order valence-corrected chi connectivity index (χ2v) is 6.40. The maximum absolute atomic E-state index is 13.0. The standard InChI is InChI=1S/C18H12ClFN4O7/c19-11-3-6-13(14(7-11)24(28)29)21-15(25)9-30-16(26)8-23-18(27)31-17(22-23)10-1-4-12(20)5-2-10/h1-7H,8-9H2,(H,21,25). The number of nitro groups is 1. The number of benzene rings is 2. The fourth-order valence-electron chi connectivity index (χ4n) is 2.38. The SMILES string of the molecule is O=C(COC(=O)Cn1nc(-c2ccc(F)cc2)oc1=O)Nc1ccc(Cl)cc1[N+](=O)[O-]. The maximum Gasteiger partial charge on any atom is 0.437 e. The average molecular weight is 451 g/mol. The molecule has 0 unspecified atom stereocenters. The van der Waals surface area contributed by atoms with E-state index in [0.717, 1.165) is 18.2 Å². The van der Waals surface area contributed by atoms with E-state index in [2.05, 4.69) is 10.4 Å². The van der Waals surface area contributed by atoms with Crippen LogP contribution in [0.1, 0.15) is 0 Å². The van der Waals surface area contributed by atoms with Crippen LogP contribution in [0.4, 0.5) is 15.8 Å². The Morgan fingerprint density at radius 2 is 1.97 bits per heavy atom. The maximum atomic E-state index is 13.0. The van der Waals surface area contributed by atoms with Crippen LogP contribution >= 0.6 is 11.6 Å². The molecule has 0 aliphatic carbocycles. The molecule has 11 nitrogen and oxygen atoms in total. The van der Waals surface area contributed by atoms with Gasteiger partial charge >= 0.3 is 11.7 Å². The molecule has 0 radical (unpaired) electrons. The Labute approximate surface area is 177 Å². The number of esters is 1. The molecule has 3 aromatic rings. The Bertz CT molecular complexity index is 1210. The summed E-state index contributed by atoms with van der Waals surface area (Å²) in [6.45, 7) is -1.42. The minimum atomic E-state index is -0.984. The first-order valence-electron chi connectivity index (χ1n) is 8.46. The van der Waals surface area contributed by atoms with Gasteiger partial charge in [0.05, 0.1) is 4.92 Å². The number of aromatic nitrogens is 2. The molecule has 0 spiro atoms. The number of amides is 1. The lowest BCUT2D eigenvalue weighted by Crippen LogP contribution is -2.26. The number of carbonyl (C=O) groups is 2. The molecule has 2 aromatic carbocycles. The Morgan fingerprint density at radius 3 is 2.65 bits per heavy atom. The van der Waals surface area contributed by atoms with Crippen molar-refractivity contribution in [3.8, 4) is 11.5 Å². The highest BCUT2D eigenvalue weighted by atomic mass is 35.5. The Morgan fingerprint density at radius 1 is 1.26 bits per heavy atom. The summed E-state index contributed by atoms with van der Waals surface area (Å²) in [6.07, 6.45) is 0. The van der Waals surface area contributed by atoms with E-state index in [0.29, 0.717) is 10.2 Å². The molecular formula is C18H12ClFN4O7. The fourth-order valence-corrected chi connectivity index (χ4v) is 2.54. The zero-order valence-corrected chi connectivity index (χ0v) is 16.2. The normalized spacial score (nSPS) is 10.5. The molecule has 1 N–H and O–H groups in total. The van der Waals surface area contributed by atoms with Crippen LogP contribution in [0.5, 0.6) is 0 Å². The van der Waals surface area contributed by atoms with Gasteiger partial charge in [0.2, 0.25) is 5.89 Å². The lowest BCUT2D eigenvalue weighted by Gasteiger charge is -2.07. The van der Waals surface area contributed by atoms with Crippen molar-refractivity contribution < 1.29 is 28.1 Å². The monoisotopic (exact) mass is 450 g/mol. The molecule has 1 amide bonds. The van der Waals surface area contributed by atoms with Crippen LogP contribution in [-0.2, 0) is 20.9 Å². The number of carbonyl (C=O) groups excluding carboxylic acids is 2. The number of rotatable bonds is 7. The molecule has 13 heteroatoms. The lowest BCUT2D eigenvalue weighted by molar-refractivity contribution is -0.383. The van der Waals surface area contributed by atoms with Crippen molar-refractivity contribution in [3.05, 3.63) is 74.0 Å². The van der Waals surface area contributed by atoms with Crippen molar-refractivity contribution in [3.63, 3.8) is 0 Å². The molecule has 160 valence electrons. The molecule has 1 aromatic heterocycles. The third-order valence-electron chi connectivity index (χ3n) is 3.77. The summed E-state index contributed by atoms with van der Waals surface area (Å²) in [5.74, 6) is -3.42. The van der Waals surface area contributed by atoms with Gasteiger partial charge in [-0.3, -0.25) is 19.7 Å². The summed E-state index contributed by atoms with van der Waals surface area (Å²) < 4.78 is 23.3. The van der Waals surface area contributed by atoms with Gasteiger partial charge in [0.15, 0.2) is 6.61 Å². The largest absolute Gasteiger partial charge is 0.454 e. The number of ether oxygens (including phenoxy) is 1. The summed E-state index contributed by atoms with van der Waals surface area (Å²) in [5, 5.41) is 17.2. The number of hydrogen-bond donors (Lipinski definition) is 1. The van der Waals surface area contributed by atoms with Crippen LogP contribution in [0.25, 0.3) is 11.5 Å². The molecule has 0 atom stereocenters. The Kier molecular flexibility index (Phi) is 6.40. The van der Waals surface area contributed by atoms with Gasteiger partial charge in [0.25, 0.3) is 11.6 Å². The first-order valence-corrected chi connectivity index (χ1v) is 8.84. The number of nitrogens with zero attached hydrogens (tertiary/aromatic N) is 3. The highest BCUT2D eigenvalue weighted by Crippen LogP contribution is 2.27. The van der Waals surface area contributed by atoms with Gasteiger partial charge in [-0.25, -0.2) is 9.18 Å². The van der Waals surface area contributed by atoms with E-state index in [1.54, 1.807) is 0 Å². The van der Waals surface area contributed by atoms with Gasteiger partial charge in [0.1, 0.15) is 18.0 Å². The smallest absolute Gasteiger partial charge is 0.437 e. The number of nitro benzene ring substituents is 1. The van der Waals surface area contributed by atoms with Crippen LogP contribution in [-0.4, -0.2) is 33.2 Å². The van der Waals surface area contributed by atoms with E-state index >= 15 is 0 Å². The van der Waals surface area contributed by atoms with Crippen molar-refractivity contribution in [1.29, 1.82) is 0 Å². The molecule has 0 bridgehead atoms. The second-order valence-electron chi connectivity index (χ2n) is 5.97. The quantitative estimate of drug-likeness (QED) is 0.328. The number of nitrogens with one attached hydrogen (secondary N) is 1. The molecule has 31 heavy (non-hydrogen) atoms. The van der Waals surface area contributed by atoms with Gasteiger partial charge in [-0.2, -0.15) is 4.68 Å². The van der Waals surface area contributed by atoms with E-state index in [1.807, 2.05) is 0 Å². The van der Waals surface area contributed by atoms with Crippen molar-refractivity contribution in [2.45, 2.75) is 6.54 Å². The topological polar surface area (TPSA) is 147 Å². The zero-order chi connectivity index (χ0) is 22.5. The number of halogens is 2. The minimum Gasteiger partial charge on any atom is -0.454 e. The number of hydrogen-bond acceptors (Lipinski definition) is 8. The molecule has 0 aliphatic heterocycles. The lowest BCUT2D eigenvalue weighted by atomic mass is 10.2.